The summed E-state index contributed by atoms with van der Waals surface area (Å²) in [6.07, 6.45) is 0.947. The third-order valence-corrected chi connectivity index (χ3v) is 0.716. The maximum Gasteiger partial charge on any atom is 0.324 e. The standard InChI is InChI=1S/C4H10N2O2/c5-3-1-2-4(7)8-6/h1-3,5-6H2. The van der Waals surface area contributed by atoms with Gasteiger partial charge in [0.2, 0.25) is 0 Å². The number of hydrogen-bond donors (Lipinski definition) is 2. The Morgan fingerprint density at radius 3 is 2.62 bits per heavy atom. The molecule has 0 aromatic carbocycles. The van der Waals surface area contributed by atoms with Crippen LogP contribution in [0.25, 0.3) is 0 Å². The second-order valence-electron chi connectivity index (χ2n) is 1.38. The van der Waals surface area contributed by atoms with Gasteiger partial charge < -0.3 is 10.6 Å². The number of rotatable bonds is 3. The van der Waals surface area contributed by atoms with Gasteiger partial charge in [0.1, 0.15) is 0 Å². The third-order valence-electron chi connectivity index (χ3n) is 0.716. The molecule has 0 spiro atoms. The minimum absolute atomic E-state index is 0.312. The van der Waals surface area contributed by atoms with Crippen molar-refractivity contribution in [3.8, 4) is 0 Å². The van der Waals surface area contributed by atoms with E-state index in [9.17, 15) is 4.79 Å². The predicted molar refractivity (Wildman–Crippen MR) is 28.6 cm³/mol. The van der Waals surface area contributed by atoms with Crippen molar-refractivity contribution >= 4 is 5.97 Å². The van der Waals surface area contributed by atoms with Gasteiger partial charge in [-0.2, -0.15) is 5.90 Å². The summed E-state index contributed by atoms with van der Waals surface area (Å²) in [6, 6.07) is 0. The summed E-state index contributed by atoms with van der Waals surface area (Å²) in [5, 5.41) is 0. The van der Waals surface area contributed by atoms with Gasteiger partial charge in [0, 0.05) is 6.42 Å². The van der Waals surface area contributed by atoms with E-state index >= 15 is 0 Å². The van der Waals surface area contributed by atoms with Gasteiger partial charge in [-0.15, -0.1) is 0 Å². The van der Waals surface area contributed by atoms with Crippen molar-refractivity contribution < 1.29 is 9.63 Å². The Hall–Kier alpha value is -0.610. The van der Waals surface area contributed by atoms with E-state index in [-0.39, 0.29) is 0 Å². The van der Waals surface area contributed by atoms with Crippen LogP contribution in [-0.4, -0.2) is 12.5 Å². The molecular formula is C4H10N2O2. The van der Waals surface area contributed by atoms with Gasteiger partial charge in [-0.1, -0.05) is 0 Å². The maximum absolute atomic E-state index is 10.2. The number of hydrogen-bond acceptors (Lipinski definition) is 4. The molecule has 0 rings (SSSR count). The monoisotopic (exact) mass is 118 g/mol. The fourth-order valence-electron chi connectivity index (χ4n) is 0.305. The van der Waals surface area contributed by atoms with Crippen LogP contribution in [0, 0.1) is 0 Å². The Bertz CT molecular complexity index is 74.4. The first-order valence-corrected chi connectivity index (χ1v) is 2.41. The molecule has 0 amide bonds. The van der Waals surface area contributed by atoms with Crippen LogP contribution in [-0.2, 0) is 9.63 Å². The van der Waals surface area contributed by atoms with Crippen molar-refractivity contribution in [3.05, 3.63) is 0 Å². The fraction of sp³-hybridized carbons (Fsp3) is 0.750. The molecule has 0 radical (unpaired) electrons. The van der Waals surface area contributed by atoms with E-state index in [1.165, 1.54) is 0 Å². The second-order valence-corrected chi connectivity index (χ2v) is 1.38. The van der Waals surface area contributed by atoms with Crippen molar-refractivity contribution in [2.24, 2.45) is 11.6 Å². The zero-order valence-electron chi connectivity index (χ0n) is 4.59. The first-order chi connectivity index (χ1) is 3.81. The Labute approximate surface area is 47.7 Å². The largest absolute Gasteiger partial charge is 0.373 e. The van der Waals surface area contributed by atoms with Gasteiger partial charge >= 0.3 is 5.97 Å². The fourth-order valence-corrected chi connectivity index (χ4v) is 0.305. The molecule has 0 saturated heterocycles. The Kier molecular flexibility index (Phi) is 4.20. The summed E-state index contributed by atoms with van der Waals surface area (Å²) < 4.78 is 0. The van der Waals surface area contributed by atoms with Crippen LogP contribution in [0.15, 0.2) is 0 Å². The van der Waals surface area contributed by atoms with Crippen LogP contribution in [0.5, 0.6) is 0 Å². The van der Waals surface area contributed by atoms with E-state index in [0.717, 1.165) is 0 Å². The van der Waals surface area contributed by atoms with Crippen molar-refractivity contribution in [2.45, 2.75) is 12.8 Å². The Balaban J connectivity index is 2.99. The summed E-state index contributed by atoms with van der Waals surface area (Å²) in [4.78, 5) is 14.0. The molecule has 0 aliphatic carbocycles. The summed E-state index contributed by atoms with van der Waals surface area (Å²) in [5.74, 6) is 4.12. The summed E-state index contributed by atoms with van der Waals surface area (Å²) in [6.45, 7) is 0.495. The quantitative estimate of drug-likeness (QED) is 0.473. The summed E-state index contributed by atoms with van der Waals surface area (Å²) >= 11 is 0. The summed E-state index contributed by atoms with van der Waals surface area (Å²) in [5.41, 5.74) is 5.08. The molecule has 4 nitrogen and oxygen atoms in total. The lowest BCUT2D eigenvalue weighted by atomic mass is 10.3. The highest BCUT2D eigenvalue weighted by Gasteiger charge is 1.96. The number of nitrogens with two attached hydrogens (primary N) is 2. The maximum atomic E-state index is 10.2. The van der Waals surface area contributed by atoms with Crippen LogP contribution in [0.4, 0.5) is 0 Å². The first kappa shape index (κ1) is 7.39. The van der Waals surface area contributed by atoms with Crippen molar-refractivity contribution in [2.75, 3.05) is 6.54 Å². The first-order valence-electron chi connectivity index (χ1n) is 2.41. The van der Waals surface area contributed by atoms with Crippen molar-refractivity contribution in [1.29, 1.82) is 0 Å². The Morgan fingerprint density at radius 1 is 1.62 bits per heavy atom. The van der Waals surface area contributed by atoms with Crippen LogP contribution in [0.2, 0.25) is 0 Å². The van der Waals surface area contributed by atoms with Gasteiger partial charge in [0.05, 0.1) is 0 Å². The number of carbonyl (C=O) groups is 1. The van der Waals surface area contributed by atoms with E-state index in [0.29, 0.717) is 19.4 Å². The third kappa shape index (κ3) is 3.58. The molecule has 0 bridgehead atoms. The smallest absolute Gasteiger partial charge is 0.324 e. The lowest BCUT2D eigenvalue weighted by Gasteiger charge is -1.92. The molecule has 0 heterocycles. The lowest BCUT2D eigenvalue weighted by Crippen LogP contribution is -2.11. The molecule has 4 heteroatoms. The molecule has 48 valence electrons. The number of carbonyl (C=O) groups excluding carboxylic acids is 1. The van der Waals surface area contributed by atoms with Gasteiger partial charge in [-0.3, -0.25) is 4.79 Å². The molecular weight excluding hydrogens is 108 g/mol. The topological polar surface area (TPSA) is 78.3 Å². The predicted octanol–water partition coefficient (Wildman–Crippen LogP) is -0.858. The molecule has 0 aromatic heterocycles. The average Bonchev–Trinajstić information content (AvgIpc) is 1.83. The van der Waals surface area contributed by atoms with E-state index in [1.807, 2.05) is 0 Å². The molecule has 0 aliphatic heterocycles. The molecule has 0 aromatic rings. The van der Waals surface area contributed by atoms with Gasteiger partial charge in [-0.25, -0.2) is 0 Å². The van der Waals surface area contributed by atoms with E-state index < -0.39 is 5.97 Å². The SMILES string of the molecule is NCCCC(=O)ON. The van der Waals surface area contributed by atoms with Gasteiger partial charge in [0.25, 0.3) is 0 Å². The molecule has 8 heavy (non-hydrogen) atoms. The second kappa shape index (κ2) is 4.55. The zero-order valence-corrected chi connectivity index (χ0v) is 4.59. The molecule has 0 fully saturated rings. The van der Waals surface area contributed by atoms with Gasteiger partial charge in [0.15, 0.2) is 0 Å². The average molecular weight is 118 g/mol. The van der Waals surface area contributed by atoms with E-state index in [2.05, 4.69) is 10.7 Å². The normalized spacial score (nSPS) is 8.75. The molecule has 0 aliphatic rings. The van der Waals surface area contributed by atoms with Crippen molar-refractivity contribution in [1.82, 2.24) is 0 Å². The van der Waals surface area contributed by atoms with Crippen molar-refractivity contribution in [3.63, 3.8) is 0 Å². The highest BCUT2D eigenvalue weighted by atomic mass is 16.7. The zero-order chi connectivity index (χ0) is 6.41. The minimum atomic E-state index is -0.407. The van der Waals surface area contributed by atoms with Crippen LogP contribution in [0.3, 0.4) is 0 Å². The molecule has 4 N–H and O–H groups in total. The minimum Gasteiger partial charge on any atom is -0.373 e. The van der Waals surface area contributed by atoms with Crippen LogP contribution in [0.1, 0.15) is 12.8 Å². The summed E-state index contributed by atoms with van der Waals surface area (Å²) in [7, 11) is 0. The molecule has 0 saturated carbocycles. The Morgan fingerprint density at radius 2 is 2.25 bits per heavy atom. The van der Waals surface area contributed by atoms with Crippen LogP contribution < -0.4 is 11.6 Å². The highest BCUT2D eigenvalue weighted by Crippen LogP contribution is 1.85. The molecule has 0 unspecified atom stereocenters. The van der Waals surface area contributed by atoms with E-state index in [1.54, 1.807) is 0 Å². The van der Waals surface area contributed by atoms with Crippen LogP contribution >= 0.6 is 0 Å². The molecule has 0 atom stereocenters. The lowest BCUT2D eigenvalue weighted by molar-refractivity contribution is -0.144. The van der Waals surface area contributed by atoms with E-state index in [4.69, 9.17) is 5.73 Å². The van der Waals surface area contributed by atoms with Gasteiger partial charge in [-0.05, 0) is 13.0 Å². The highest BCUT2D eigenvalue weighted by molar-refractivity contribution is 5.68.